The molecule has 5 nitrogen and oxygen atoms in total. The molecule has 92 valence electrons. The summed E-state index contributed by atoms with van der Waals surface area (Å²) in [6, 6.07) is 11.0. The van der Waals surface area contributed by atoms with Crippen LogP contribution in [0.4, 0.5) is 17.1 Å². The summed E-state index contributed by atoms with van der Waals surface area (Å²) in [6.45, 7) is 0. The van der Waals surface area contributed by atoms with Crippen molar-refractivity contribution in [1.29, 1.82) is 0 Å². The summed E-state index contributed by atoms with van der Waals surface area (Å²) in [7, 11) is 0. The largest absolute Gasteiger partial charge is 0.508 e. The fraction of sp³-hybridized carbons (Fsp3) is 0. The summed E-state index contributed by atoms with van der Waals surface area (Å²) >= 11 is 0. The molecular weight excluding hydrogens is 232 g/mol. The summed E-state index contributed by atoms with van der Waals surface area (Å²) in [4.78, 5) is 10.8. The van der Waals surface area contributed by atoms with E-state index in [1.165, 1.54) is 12.1 Å². The number of carboxylic acids is 1. The van der Waals surface area contributed by atoms with Crippen molar-refractivity contribution in [3.8, 4) is 5.75 Å². The minimum absolute atomic E-state index is 0.133. The average Bonchev–Trinajstić information content (AvgIpc) is 2.31. The zero-order chi connectivity index (χ0) is 13.1. The van der Waals surface area contributed by atoms with Gasteiger partial charge in [-0.15, -0.1) is 0 Å². The number of phenolic OH excluding ortho intramolecular Hbond substituents is 1. The van der Waals surface area contributed by atoms with Crippen molar-refractivity contribution in [1.82, 2.24) is 0 Å². The average molecular weight is 244 g/mol. The molecule has 5 N–H and O–H groups in total. The van der Waals surface area contributed by atoms with Crippen molar-refractivity contribution in [2.24, 2.45) is 0 Å². The highest BCUT2D eigenvalue weighted by Crippen LogP contribution is 2.25. The molecule has 2 rings (SSSR count). The maximum atomic E-state index is 10.8. The van der Waals surface area contributed by atoms with Crippen LogP contribution in [0.2, 0.25) is 0 Å². The summed E-state index contributed by atoms with van der Waals surface area (Å²) in [5.41, 5.74) is 7.48. The van der Waals surface area contributed by atoms with Crippen LogP contribution in [0.25, 0.3) is 0 Å². The monoisotopic (exact) mass is 244 g/mol. The summed E-state index contributed by atoms with van der Waals surface area (Å²) in [6.07, 6.45) is 0. The van der Waals surface area contributed by atoms with Gasteiger partial charge >= 0.3 is 5.97 Å². The first kappa shape index (κ1) is 11.8. The molecule has 2 aromatic carbocycles. The number of aromatic carboxylic acids is 1. The van der Waals surface area contributed by atoms with Crippen LogP contribution >= 0.6 is 0 Å². The third-order valence-corrected chi connectivity index (χ3v) is 2.42. The first-order valence-electron chi connectivity index (χ1n) is 5.25. The Morgan fingerprint density at radius 3 is 2.56 bits per heavy atom. The van der Waals surface area contributed by atoms with Crippen LogP contribution in [0.5, 0.6) is 5.75 Å². The number of rotatable bonds is 3. The Bertz CT molecular complexity index is 597. The molecular formula is C13H12N2O3. The lowest BCUT2D eigenvalue weighted by atomic mass is 10.1. The van der Waals surface area contributed by atoms with E-state index in [4.69, 9.17) is 10.8 Å². The lowest BCUT2D eigenvalue weighted by Crippen LogP contribution is -2.01. The fourth-order valence-electron chi connectivity index (χ4n) is 1.55. The minimum atomic E-state index is -1.02. The Morgan fingerprint density at radius 1 is 1.17 bits per heavy atom. The van der Waals surface area contributed by atoms with Gasteiger partial charge in [-0.25, -0.2) is 4.79 Å². The van der Waals surface area contributed by atoms with Crippen molar-refractivity contribution in [3.05, 3.63) is 48.0 Å². The van der Waals surface area contributed by atoms with E-state index < -0.39 is 5.97 Å². The normalized spacial score (nSPS) is 10.0. The number of benzene rings is 2. The molecule has 0 spiro atoms. The second-order valence-corrected chi connectivity index (χ2v) is 3.78. The van der Waals surface area contributed by atoms with Crippen LogP contribution in [0.1, 0.15) is 10.4 Å². The maximum absolute atomic E-state index is 10.8. The molecule has 5 heteroatoms. The molecule has 0 bridgehead atoms. The van der Waals surface area contributed by atoms with Crippen LogP contribution in [-0.2, 0) is 0 Å². The van der Waals surface area contributed by atoms with E-state index in [1.54, 1.807) is 30.3 Å². The van der Waals surface area contributed by atoms with Crippen molar-refractivity contribution >= 4 is 23.0 Å². The Hall–Kier alpha value is -2.69. The molecule has 0 aliphatic heterocycles. The number of aromatic hydroxyl groups is 1. The van der Waals surface area contributed by atoms with Crippen molar-refractivity contribution in [2.45, 2.75) is 0 Å². The summed E-state index contributed by atoms with van der Waals surface area (Å²) < 4.78 is 0. The van der Waals surface area contributed by atoms with Gasteiger partial charge in [0, 0.05) is 11.8 Å². The zero-order valence-corrected chi connectivity index (χ0v) is 9.42. The molecule has 0 saturated heterocycles. The predicted octanol–water partition coefficient (Wildman–Crippen LogP) is 2.42. The van der Waals surface area contributed by atoms with Gasteiger partial charge in [-0.3, -0.25) is 0 Å². The molecule has 2 aromatic rings. The number of carboxylic acid groups (broad SMARTS) is 1. The van der Waals surface area contributed by atoms with Crippen LogP contribution in [0, 0.1) is 0 Å². The number of nitrogens with one attached hydrogen (secondary N) is 1. The molecule has 0 aliphatic rings. The smallest absolute Gasteiger partial charge is 0.335 e. The standard InChI is InChI=1S/C13H12N2O3/c14-11-6-8(13(17)18)4-5-12(11)15-9-2-1-3-10(16)7-9/h1-7,15-16H,14H2,(H,17,18). The number of nitrogens with two attached hydrogens (primary N) is 1. The van der Waals surface area contributed by atoms with Gasteiger partial charge in [0.05, 0.1) is 16.9 Å². The number of phenols is 1. The quantitative estimate of drug-likeness (QED) is 0.622. The van der Waals surface area contributed by atoms with Crippen LogP contribution in [-0.4, -0.2) is 16.2 Å². The summed E-state index contributed by atoms with van der Waals surface area (Å²) in [5, 5.41) is 21.1. The molecule has 0 fully saturated rings. The number of hydrogen-bond acceptors (Lipinski definition) is 4. The number of nitrogen functional groups attached to an aromatic ring is 1. The van der Waals surface area contributed by atoms with Crippen LogP contribution in [0.15, 0.2) is 42.5 Å². The van der Waals surface area contributed by atoms with E-state index in [1.807, 2.05) is 0 Å². The molecule has 0 aromatic heterocycles. The Kier molecular flexibility index (Phi) is 3.05. The van der Waals surface area contributed by atoms with E-state index >= 15 is 0 Å². The number of hydrogen-bond donors (Lipinski definition) is 4. The van der Waals surface area contributed by atoms with Crippen molar-refractivity contribution in [2.75, 3.05) is 11.1 Å². The van der Waals surface area contributed by atoms with Gasteiger partial charge in [-0.05, 0) is 30.3 Å². The first-order chi connectivity index (χ1) is 8.56. The molecule has 0 aliphatic carbocycles. The third-order valence-electron chi connectivity index (χ3n) is 2.42. The molecule has 0 unspecified atom stereocenters. The van der Waals surface area contributed by atoms with E-state index in [0.29, 0.717) is 17.1 Å². The third kappa shape index (κ3) is 2.52. The minimum Gasteiger partial charge on any atom is -0.508 e. The topological polar surface area (TPSA) is 95.6 Å². The lowest BCUT2D eigenvalue weighted by molar-refractivity contribution is 0.0697. The Balaban J connectivity index is 2.27. The molecule has 18 heavy (non-hydrogen) atoms. The van der Waals surface area contributed by atoms with Gasteiger partial charge in [-0.1, -0.05) is 6.07 Å². The van der Waals surface area contributed by atoms with Gasteiger partial charge in [-0.2, -0.15) is 0 Å². The molecule has 0 saturated carbocycles. The zero-order valence-electron chi connectivity index (χ0n) is 9.42. The van der Waals surface area contributed by atoms with Crippen molar-refractivity contribution in [3.63, 3.8) is 0 Å². The van der Waals surface area contributed by atoms with Gasteiger partial charge in [0.1, 0.15) is 5.75 Å². The highest BCUT2D eigenvalue weighted by molar-refractivity contribution is 5.90. The second kappa shape index (κ2) is 4.67. The maximum Gasteiger partial charge on any atom is 0.335 e. The molecule has 0 radical (unpaired) electrons. The predicted molar refractivity (Wildman–Crippen MR) is 69.2 cm³/mol. The lowest BCUT2D eigenvalue weighted by Gasteiger charge is -2.10. The SMILES string of the molecule is Nc1cc(C(=O)O)ccc1Nc1cccc(O)c1. The van der Waals surface area contributed by atoms with Gasteiger partial charge in [0.15, 0.2) is 0 Å². The van der Waals surface area contributed by atoms with Crippen LogP contribution < -0.4 is 11.1 Å². The number of carbonyl (C=O) groups is 1. The second-order valence-electron chi connectivity index (χ2n) is 3.78. The van der Waals surface area contributed by atoms with Crippen molar-refractivity contribution < 1.29 is 15.0 Å². The Labute approximate surface area is 103 Å². The number of anilines is 3. The molecule has 0 atom stereocenters. The van der Waals surface area contributed by atoms with E-state index in [2.05, 4.69) is 5.32 Å². The molecule has 0 heterocycles. The highest BCUT2D eigenvalue weighted by atomic mass is 16.4. The molecule has 0 amide bonds. The fourth-order valence-corrected chi connectivity index (χ4v) is 1.55. The van der Waals surface area contributed by atoms with Gasteiger partial charge < -0.3 is 21.3 Å². The Morgan fingerprint density at radius 2 is 1.94 bits per heavy atom. The first-order valence-corrected chi connectivity index (χ1v) is 5.25. The highest BCUT2D eigenvalue weighted by Gasteiger charge is 2.06. The van der Waals surface area contributed by atoms with Gasteiger partial charge in [0.2, 0.25) is 0 Å². The van der Waals surface area contributed by atoms with E-state index in [9.17, 15) is 9.90 Å². The van der Waals surface area contributed by atoms with Crippen LogP contribution in [0.3, 0.4) is 0 Å². The van der Waals surface area contributed by atoms with E-state index in [0.717, 1.165) is 0 Å². The van der Waals surface area contributed by atoms with E-state index in [-0.39, 0.29) is 11.3 Å². The summed E-state index contributed by atoms with van der Waals surface area (Å²) in [5.74, 6) is -0.883. The van der Waals surface area contributed by atoms with Gasteiger partial charge in [0.25, 0.3) is 0 Å².